The first-order chi connectivity index (χ1) is 8.27. The fourth-order valence-corrected chi connectivity index (χ4v) is 2.23. The summed E-state index contributed by atoms with van der Waals surface area (Å²) in [7, 11) is -2.43. The third-order valence-electron chi connectivity index (χ3n) is 2.47. The van der Waals surface area contributed by atoms with E-state index in [0.717, 1.165) is 12.5 Å². The molecule has 18 heavy (non-hydrogen) atoms. The number of aryl methyl sites for hydroxylation is 1. The highest BCUT2D eigenvalue weighted by molar-refractivity contribution is 7.94. The summed E-state index contributed by atoms with van der Waals surface area (Å²) in [4.78, 5) is 10.7. The zero-order valence-electron chi connectivity index (χ0n) is 10.3. The molecule has 0 saturated carbocycles. The Balaban J connectivity index is 2.98. The summed E-state index contributed by atoms with van der Waals surface area (Å²) in [5, 5.41) is 7.18. The largest absolute Gasteiger partial charge is 0.496 e. The minimum atomic E-state index is -3.94. The molecule has 6 nitrogen and oxygen atoms in total. The van der Waals surface area contributed by atoms with Gasteiger partial charge in [-0.2, -0.15) is 0 Å². The molecule has 0 amide bonds. The van der Waals surface area contributed by atoms with Crippen molar-refractivity contribution >= 4 is 21.7 Å². The van der Waals surface area contributed by atoms with Crippen LogP contribution < -0.4 is 9.46 Å². The van der Waals surface area contributed by atoms with Gasteiger partial charge in [0.25, 0.3) is 0 Å². The molecular weight excluding hydrogens is 258 g/mol. The second-order valence-corrected chi connectivity index (χ2v) is 5.81. The molecule has 1 unspecified atom stereocenters. The van der Waals surface area contributed by atoms with Crippen molar-refractivity contribution in [2.45, 2.75) is 19.1 Å². The average Bonchev–Trinajstić information content (AvgIpc) is 2.27. The van der Waals surface area contributed by atoms with Gasteiger partial charge in [-0.1, -0.05) is 0 Å². The molecular formula is C11H15NO5S. The molecule has 0 aliphatic heterocycles. The Morgan fingerprint density at radius 3 is 2.50 bits per heavy atom. The topological polar surface area (TPSA) is 92.7 Å². The van der Waals surface area contributed by atoms with Gasteiger partial charge in [0.1, 0.15) is 5.75 Å². The fourth-order valence-electron chi connectivity index (χ4n) is 1.33. The first-order valence-corrected chi connectivity index (χ1v) is 6.71. The van der Waals surface area contributed by atoms with Crippen LogP contribution in [0.2, 0.25) is 0 Å². The first kappa shape index (κ1) is 14.3. The molecule has 1 aromatic carbocycles. The molecule has 0 aliphatic carbocycles. The average molecular weight is 273 g/mol. The van der Waals surface area contributed by atoms with Crippen LogP contribution >= 0.6 is 0 Å². The molecule has 0 spiro atoms. The molecule has 0 aliphatic rings. The van der Waals surface area contributed by atoms with Crippen molar-refractivity contribution in [2.75, 3.05) is 11.8 Å². The number of carboxylic acid groups (broad SMARTS) is 1. The van der Waals surface area contributed by atoms with Crippen LogP contribution in [0.3, 0.4) is 0 Å². The van der Waals surface area contributed by atoms with Gasteiger partial charge in [0, 0.05) is 5.69 Å². The number of hydrogen-bond donors (Lipinski definition) is 2. The van der Waals surface area contributed by atoms with Crippen LogP contribution in [0.4, 0.5) is 5.69 Å². The normalized spacial score (nSPS) is 12.8. The number of aliphatic carboxylic acids is 1. The standard InChI is InChI=1S/C11H15NO5S/c1-7-6-9(4-5-10(7)17-3)12-18(15,16)8(2)11(13)14/h4-6,8,12H,1-3H3,(H,13,14). The quantitative estimate of drug-likeness (QED) is 0.841. The van der Waals surface area contributed by atoms with E-state index in [1.54, 1.807) is 19.1 Å². The van der Waals surface area contributed by atoms with Crippen LogP contribution in [0.5, 0.6) is 5.75 Å². The molecule has 0 saturated heterocycles. The van der Waals surface area contributed by atoms with E-state index in [4.69, 9.17) is 9.84 Å². The highest BCUT2D eigenvalue weighted by Gasteiger charge is 2.27. The molecule has 7 heteroatoms. The Bertz CT molecular complexity index is 553. The smallest absolute Gasteiger partial charge is 0.323 e. The van der Waals surface area contributed by atoms with Crippen LogP contribution in [0.25, 0.3) is 0 Å². The van der Waals surface area contributed by atoms with Crippen LogP contribution in [-0.4, -0.2) is 31.9 Å². The highest BCUT2D eigenvalue weighted by Crippen LogP contribution is 2.22. The van der Waals surface area contributed by atoms with Crippen molar-refractivity contribution < 1.29 is 23.1 Å². The number of anilines is 1. The van der Waals surface area contributed by atoms with Crippen LogP contribution in [-0.2, 0) is 14.8 Å². The molecule has 2 N–H and O–H groups in total. The van der Waals surface area contributed by atoms with E-state index in [0.29, 0.717) is 11.4 Å². The van der Waals surface area contributed by atoms with Crippen molar-refractivity contribution in [1.82, 2.24) is 0 Å². The summed E-state index contributed by atoms with van der Waals surface area (Å²) in [5.41, 5.74) is 1.06. The Hall–Kier alpha value is -1.76. The van der Waals surface area contributed by atoms with E-state index in [9.17, 15) is 13.2 Å². The Labute approximate surface area is 106 Å². The number of sulfonamides is 1. The number of carbonyl (C=O) groups is 1. The number of ether oxygens (including phenoxy) is 1. The van der Waals surface area contributed by atoms with Gasteiger partial charge in [-0.15, -0.1) is 0 Å². The van der Waals surface area contributed by atoms with Crippen molar-refractivity contribution in [2.24, 2.45) is 0 Å². The van der Waals surface area contributed by atoms with E-state index < -0.39 is 21.2 Å². The third kappa shape index (κ3) is 3.13. The summed E-state index contributed by atoms with van der Waals surface area (Å²) in [5.74, 6) is -0.767. The zero-order chi connectivity index (χ0) is 13.9. The molecule has 100 valence electrons. The Kier molecular flexibility index (Phi) is 4.18. The number of rotatable bonds is 5. The fraction of sp³-hybridized carbons (Fsp3) is 0.364. The minimum Gasteiger partial charge on any atom is -0.496 e. The lowest BCUT2D eigenvalue weighted by atomic mass is 10.2. The molecule has 1 atom stereocenters. The van der Waals surface area contributed by atoms with E-state index in [1.807, 2.05) is 0 Å². The summed E-state index contributed by atoms with van der Waals surface area (Å²) >= 11 is 0. The lowest BCUT2D eigenvalue weighted by molar-refractivity contribution is -0.136. The van der Waals surface area contributed by atoms with Crippen molar-refractivity contribution in [3.8, 4) is 5.75 Å². The summed E-state index contributed by atoms with van der Waals surface area (Å²) < 4.78 is 30.6. The maximum absolute atomic E-state index is 11.7. The van der Waals surface area contributed by atoms with Crippen molar-refractivity contribution in [3.63, 3.8) is 0 Å². The molecule has 0 heterocycles. The van der Waals surface area contributed by atoms with Gasteiger partial charge in [-0.05, 0) is 37.6 Å². The van der Waals surface area contributed by atoms with Crippen LogP contribution in [0.1, 0.15) is 12.5 Å². The first-order valence-electron chi connectivity index (χ1n) is 5.17. The summed E-state index contributed by atoms with van der Waals surface area (Å²) in [6.07, 6.45) is 0. The van der Waals surface area contributed by atoms with Gasteiger partial charge in [0.2, 0.25) is 10.0 Å². The van der Waals surface area contributed by atoms with Gasteiger partial charge in [-0.3, -0.25) is 9.52 Å². The molecule has 0 aromatic heterocycles. The molecule has 0 bridgehead atoms. The number of hydrogen-bond acceptors (Lipinski definition) is 4. The van der Waals surface area contributed by atoms with Gasteiger partial charge >= 0.3 is 5.97 Å². The second-order valence-electron chi connectivity index (χ2n) is 3.81. The summed E-state index contributed by atoms with van der Waals surface area (Å²) in [6, 6.07) is 4.70. The van der Waals surface area contributed by atoms with E-state index in [-0.39, 0.29) is 0 Å². The zero-order valence-corrected chi connectivity index (χ0v) is 11.1. The van der Waals surface area contributed by atoms with Gasteiger partial charge in [0.15, 0.2) is 5.25 Å². The van der Waals surface area contributed by atoms with Gasteiger partial charge < -0.3 is 9.84 Å². The molecule has 1 rings (SSSR count). The van der Waals surface area contributed by atoms with Crippen LogP contribution in [0.15, 0.2) is 18.2 Å². The SMILES string of the molecule is COc1ccc(NS(=O)(=O)C(C)C(=O)O)cc1C. The van der Waals surface area contributed by atoms with E-state index in [2.05, 4.69) is 4.72 Å². The maximum Gasteiger partial charge on any atom is 0.323 e. The minimum absolute atomic E-state index is 0.307. The molecule has 1 aromatic rings. The van der Waals surface area contributed by atoms with Crippen LogP contribution in [0, 0.1) is 6.92 Å². The maximum atomic E-state index is 11.7. The lowest BCUT2D eigenvalue weighted by Crippen LogP contribution is -2.32. The lowest BCUT2D eigenvalue weighted by Gasteiger charge is -2.12. The van der Waals surface area contributed by atoms with Gasteiger partial charge in [0.05, 0.1) is 7.11 Å². The number of carboxylic acids is 1. The Morgan fingerprint density at radius 2 is 2.06 bits per heavy atom. The monoisotopic (exact) mass is 273 g/mol. The van der Waals surface area contributed by atoms with Crippen molar-refractivity contribution in [3.05, 3.63) is 23.8 Å². The van der Waals surface area contributed by atoms with Gasteiger partial charge in [-0.25, -0.2) is 8.42 Å². The number of benzene rings is 1. The molecule has 0 radical (unpaired) electrons. The van der Waals surface area contributed by atoms with Crippen molar-refractivity contribution in [1.29, 1.82) is 0 Å². The van der Waals surface area contributed by atoms with E-state index in [1.165, 1.54) is 13.2 Å². The predicted molar refractivity (Wildman–Crippen MR) is 67.4 cm³/mol. The highest BCUT2D eigenvalue weighted by atomic mass is 32.2. The third-order valence-corrected chi connectivity index (χ3v) is 4.12. The number of methoxy groups -OCH3 is 1. The van der Waals surface area contributed by atoms with E-state index >= 15 is 0 Å². The number of nitrogens with one attached hydrogen (secondary N) is 1. The molecule has 0 fully saturated rings. The Morgan fingerprint density at radius 1 is 1.44 bits per heavy atom. The second kappa shape index (κ2) is 5.26. The summed E-state index contributed by atoms with van der Waals surface area (Å²) in [6.45, 7) is 2.87. The predicted octanol–water partition coefficient (Wildman–Crippen LogP) is 1.22.